The van der Waals surface area contributed by atoms with Gasteiger partial charge in [0.1, 0.15) is 0 Å². The van der Waals surface area contributed by atoms with Gasteiger partial charge >= 0.3 is 0 Å². The summed E-state index contributed by atoms with van der Waals surface area (Å²) < 4.78 is 0. The number of anilines is 1. The van der Waals surface area contributed by atoms with E-state index in [0.29, 0.717) is 17.1 Å². The second kappa shape index (κ2) is 8.82. The molecule has 0 unspecified atom stereocenters. The average molecular weight is 428 g/mol. The van der Waals surface area contributed by atoms with E-state index in [0.717, 1.165) is 28.2 Å². The fraction of sp³-hybridized carbons (Fsp3) is 0.143. The van der Waals surface area contributed by atoms with Crippen LogP contribution in [0.15, 0.2) is 65.0 Å². The third kappa shape index (κ3) is 4.41. The summed E-state index contributed by atoms with van der Waals surface area (Å²) in [6.45, 7) is 1.40. The molecule has 0 spiro atoms. The van der Waals surface area contributed by atoms with Crippen molar-refractivity contribution >= 4 is 51.8 Å². The van der Waals surface area contributed by atoms with Crippen LogP contribution in [0.1, 0.15) is 21.6 Å². The predicted octanol–water partition coefficient (Wildman–Crippen LogP) is 5.60. The van der Waals surface area contributed by atoms with Gasteiger partial charge in [-0.15, -0.1) is 23.1 Å². The maximum atomic E-state index is 12.9. The largest absolute Gasteiger partial charge is 0.357 e. The number of halogens is 1. The van der Waals surface area contributed by atoms with Gasteiger partial charge in [-0.3, -0.25) is 4.79 Å². The molecule has 0 atom stereocenters. The van der Waals surface area contributed by atoms with E-state index >= 15 is 0 Å². The second-order valence-electron chi connectivity index (χ2n) is 6.18. The lowest BCUT2D eigenvalue weighted by atomic mass is 10.2. The van der Waals surface area contributed by atoms with Gasteiger partial charge < -0.3 is 10.2 Å². The van der Waals surface area contributed by atoms with Gasteiger partial charge in [-0.2, -0.15) is 0 Å². The molecule has 1 aromatic heterocycles. The standard InChI is InChI=1S/C21H18ClN3OS2/c22-18-9-5-4-8-17(18)20(26)25-10-11-27-19(25)12-16-14-28-21(24-16)23-13-15-6-2-1-3-7-15/h1-9,12,14H,10-11,13H2,(H,23,24)/b19-12+. The van der Waals surface area contributed by atoms with Crippen LogP contribution >= 0.6 is 34.7 Å². The third-order valence-corrected chi connectivity index (χ3v) is 6.43. The Hall–Kier alpha value is -2.28. The van der Waals surface area contributed by atoms with E-state index in [9.17, 15) is 4.79 Å². The topological polar surface area (TPSA) is 45.2 Å². The molecule has 1 amide bonds. The zero-order chi connectivity index (χ0) is 19.3. The van der Waals surface area contributed by atoms with Gasteiger partial charge in [0.25, 0.3) is 5.91 Å². The first-order valence-electron chi connectivity index (χ1n) is 8.85. The van der Waals surface area contributed by atoms with Crippen LogP contribution in [0.3, 0.4) is 0 Å². The number of carbonyl (C=O) groups is 1. The van der Waals surface area contributed by atoms with Gasteiger partial charge in [-0.1, -0.05) is 54.1 Å². The Kier molecular flexibility index (Phi) is 6.00. The lowest BCUT2D eigenvalue weighted by molar-refractivity contribution is 0.0831. The number of thioether (sulfide) groups is 1. The monoisotopic (exact) mass is 427 g/mol. The molecule has 0 radical (unpaired) electrons. The molecule has 0 saturated carbocycles. The number of nitrogens with zero attached hydrogens (tertiary/aromatic N) is 2. The zero-order valence-electron chi connectivity index (χ0n) is 15.0. The first kappa shape index (κ1) is 19.1. The number of carbonyl (C=O) groups excluding carboxylic acids is 1. The second-order valence-corrected chi connectivity index (χ2v) is 8.56. The van der Waals surface area contributed by atoms with Crippen LogP contribution in [0.4, 0.5) is 5.13 Å². The third-order valence-electron chi connectivity index (χ3n) is 4.26. The molecule has 1 saturated heterocycles. The summed E-state index contributed by atoms with van der Waals surface area (Å²) in [7, 11) is 0. The highest BCUT2D eigenvalue weighted by Crippen LogP contribution is 2.33. The van der Waals surface area contributed by atoms with Gasteiger partial charge in [0.2, 0.25) is 0 Å². The minimum atomic E-state index is -0.0699. The molecule has 4 nitrogen and oxygen atoms in total. The first-order valence-corrected chi connectivity index (χ1v) is 11.1. The van der Waals surface area contributed by atoms with Gasteiger partial charge in [-0.05, 0) is 23.8 Å². The van der Waals surface area contributed by atoms with Crippen LogP contribution in [0.2, 0.25) is 5.02 Å². The van der Waals surface area contributed by atoms with E-state index in [1.807, 2.05) is 41.8 Å². The summed E-state index contributed by atoms with van der Waals surface area (Å²) in [4.78, 5) is 19.3. The van der Waals surface area contributed by atoms with Gasteiger partial charge in [0.15, 0.2) is 5.13 Å². The molecule has 7 heteroatoms. The van der Waals surface area contributed by atoms with Crippen LogP contribution < -0.4 is 5.32 Å². The zero-order valence-corrected chi connectivity index (χ0v) is 17.4. The lowest BCUT2D eigenvalue weighted by Gasteiger charge is -2.17. The Balaban J connectivity index is 1.47. The van der Waals surface area contributed by atoms with Crippen molar-refractivity contribution in [2.45, 2.75) is 6.54 Å². The molecule has 2 aromatic carbocycles. The fourth-order valence-electron chi connectivity index (χ4n) is 2.86. The fourth-order valence-corrected chi connectivity index (χ4v) is 4.76. The van der Waals surface area contributed by atoms with Gasteiger partial charge in [0, 0.05) is 24.2 Å². The Bertz CT molecular complexity index is 1000. The van der Waals surface area contributed by atoms with Crippen LogP contribution in [0.25, 0.3) is 6.08 Å². The first-order chi connectivity index (χ1) is 13.7. The molecule has 28 heavy (non-hydrogen) atoms. The Morgan fingerprint density at radius 3 is 2.79 bits per heavy atom. The molecule has 1 aliphatic heterocycles. The maximum absolute atomic E-state index is 12.9. The van der Waals surface area contributed by atoms with Crippen LogP contribution in [-0.4, -0.2) is 28.1 Å². The van der Waals surface area contributed by atoms with Crippen molar-refractivity contribution < 1.29 is 4.79 Å². The smallest absolute Gasteiger partial charge is 0.260 e. The quantitative estimate of drug-likeness (QED) is 0.576. The summed E-state index contributed by atoms with van der Waals surface area (Å²) in [5.74, 6) is 0.796. The summed E-state index contributed by atoms with van der Waals surface area (Å²) in [6, 6.07) is 17.4. The Morgan fingerprint density at radius 2 is 1.96 bits per heavy atom. The number of amides is 1. The number of hydrogen-bond acceptors (Lipinski definition) is 5. The molecule has 3 aromatic rings. The van der Waals surface area contributed by atoms with E-state index in [2.05, 4.69) is 22.4 Å². The number of benzene rings is 2. The number of rotatable bonds is 5. The highest BCUT2D eigenvalue weighted by Gasteiger charge is 2.26. The van der Waals surface area contributed by atoms with Crippen molar-refractivity contribution in [1.29, 1.82) is 0 Å². The van der Waals surface area contributed by atoms with Crippen molar-refractivity contribution in [1.82, 2.24) is 9.88 Å². The van der Waals surface area contributed by atoms with E-state index in [1.54, 1.807) is 40.1 Å². The Morgan fingerprint density at radius 1 is 1.18 bits per heavy atom. The minimum absolute atomic E-state index is 0.0699. The van der Waals surface area contributed by atoms with E-state index in [-0.39, 0.29) is 5.91 Å². The van der Waals surface area contributed by atoms with Gasteiger partial charge in [-0.25, -0.2) is 4.98 Å². The SMILES string of the molecule is O=C(c1ccccc1Cl)N1CCS/C1=C/c1csc(NCc2ccccc2)n1. The van der Waals surface area contributed by atoms with Crippen LogP contribution in [-0.2, 0) is 6.54 Å². The molecule has 4 rings (SSSR count). The molecular weight excluding hydrogens is 410 g/mol. The van der Waals surface area contributed by atoms with Crippen molar-refractivity contribution in [2.75, 3.05) is 17.6 Å². The predicted molar refractivity (Wildman–Crippen MR) is 119 cm³/mol. The Labute approximate surface area is 177 Å². The normalized spacial score (nSPS) is 15.2. The minimum Gasteiger partial charge on any atom is -0.357 e. The number of aromatic nitrogens is 1. The summed E-state index contributed by atoms with van der Waals surface area (Å²) >= 11 is 9.42. The molecule has 2 heterocycles. The number of hydrogen-bond donors (Lipinski definition) is 1. The highest BCUT2D eigenvalue weighted by molar-refractivity contribution is 8.03. The number of nitrogens with one attached hydrogen (secondary N) is 1. The van der Waals surface area contributed by atoms with Crippen molar-refractivity contribution in [3.05, 3.63) is 86.8 Å². The van der Waals surface area contributed by atoms with E-state index < -0.39 is 0 Å². The van der Waals surface area contributed by atoms with E-state index in [1.165, 1.54) is 5.56 Å². The molecule has 1 N–H and O–H groups in total. The van der Waals surface area contributed by atoms with Crippen molar-refractivity contribution in [2.24, 2.45) is 0 Å². The summed E-state index contributed by atoms with van der Waals surface area (Å²) in [5.41, 5.74) is 2.59. The molecule has 0 aliphatic carbocycles. The molecule has 142 valence electrons. The molecular formula is C21H18ClN3OS2. The molecule has 0 bridgehead atoms. The number of thiazole rings is 1. The maximum Gasteiger partial charge on any atom is 0.260 e. The lowest BCUT2D eigenvalue weighted by Crippen LogP contribution is -2.26. The van der Waals surface area contributed by atoms with Gasteiger partial charge in [0.05, 0.1) is 21.3 Å². The van der Waals surface area contributed by atoms with Crippen LogP contribution in [0.5, 0.6) is 0 Å². The highest BCUT2D eigenvalue weighted by atomic mass is 35.5. The van der Waals surface area contributed by atoms with E-state index in [4.69, 9.17) is 11.6 Å². The average Bonchev–Trinajstić information content (AvgIpc) is 3.37. The molecule has 1 aliphatic rings. The van der Waals surface area contributed by atoms with Crippen molar-refractivity contribution in [3.63, 3.8) is 0 Å². The van der Waals surface area contributed by atoms with Crippen molar-refractivity contribution in [3.8, 4) is 0 Å². The summed E-state index contributed by atoms with van der Waals surface area (Å²) in [5, 5.41) is 7.59. The molecule has 1 fully saturated rings. The van der Waals surface area contributed by atoms with Crippen LogP contribution in [0, 0.1) is 0 Å². The summed E-state index contributed by atoms with van der Waals surface area (Å²) in [6.07, 6.45) is 1.97.